The Labute approximate surface area is 183 Å². The van der Waals surface area contributed by atoms with Gasteiger partial charge in [0.15, 0.2) is 0 Å². The van der Waals surface area contributed by atoms with Crippen LogP contribution < -0.4 is 5.56 Å². The number of aromatic nitrogens is 2. The van der Waals surface area contributed by atoms with E-state index in [0.717, 1.165) is 24.3 Å². The molecular formula is C25H33N3O3. The summed E-state index contributed by atoms with van der Waals surface area (Å²) < 4.78 is 1.77. The quantitative estimate of drug-likeness (QED) is 0.788. The van der Waals surface area contributed by atoms with Crippen molar-refractivity contribution in [3.8, 4) is 0 Å². The molecule has 3 fully saturated rings. The van der Waals surface area contributed by atoms with Crippen molar-refractivity contribution in [2.24, 2.45) is 11.3 Å². The molecule has 1 aromatic carbocycles. The molecule has 0 radical (unpaired) electrons. The molecule has 0 unspecified atom stereocenters. The third kappa shape index (κ3) is 3.39. The first kappa shape index (κ1) is 20.7. The summed E-state index contributed by atoms with van der Waals surface area (Å²) >= 11 is 0. The van der Waals surface area contributed by atoms with Crippen LogP contribution in [-0.2, 0) is 0 Å². The summed E-state index contributed by atoms with van der Waals surface area (Å²) in [5, 5.41) is 9.58. The highest BCUT2D eigenvalue weighted by atomic mass is 16.4. The molecule has 6 heteroatoms. The first-order valence-electron chi connectivity index (χ1n) is 11.8. The summed E-state index contributed by atoms with van der Waals surface area (Å²) in [6, 6.07) is 8.87. The van der Waals surface area contributed by atoms with E-state index in [4.69, 9.17) is 0 Å². The summed E-state index contributed by atoms with van der Waals surface area (Å²) in [4.78, 5) is 31.8. The van der Waals surface area contributed by atoms with Crippen LogP contribution in [0.3, 0.4) is 0 Å². The lowest BCUT2D eigenvalue weighted by atomic mass is 9.71. The lowest BCUT2D eigenvalue weighted by Gasteiger charge is -2.41. The van der Waals surface area contributed by atoms with Crippen molar-refractivity contribution >= 4 is 17.0 Å². The molecule has 2 bridgehead atoms. The molecule has 31 heavy (non-hydrogen) atoms. The highest BCUT2D eigenvalue weighted by Crippen LogP contribution is 2.49. The molecular weight excluding hydrogens is 390 g/mol. The van der Waals surface area contributed by atoms with Crippen molar-refractivity contribution in [3.63, 3.8) is 0 Å². The second-order valence-electron chi connectivity index (χ2n) is 10.8. The Bertz CT molecular complexity index is 1060. The van der Waals surface area contributed by atoms with Crippen LogP contribution in [-0.4, -0.2) is 43.7 Å². The highest BCUT2D eigenvalue weighted by molar-refractivity contribution is 5.88. The normalized spacial score (nSPS) is 31.4. The Kier molecular flexibility index (Phi) is 4.96. The fraction of sp³-hybridized carbons (Fsp3) is 0.640. The number of benzene rings is 1. The first-order chi connectivity index (χ1) is 14.8. The number of carboxylic acid groups (broad SMARTS) is 1. The van der Waals surface area contributed by atoms with Crippen molar-refractivity contribution in [1.82, 2.24) is 14.5 Å². The van der Waals surface area contributed by atoms with E-state index >= 15 is 0 Å². The SMILES string of the molecule is CC(C)(C)[C@H]1CC[C@@H](N2[C@H]3CC[C@@H]2[C@H](n2c(=O)c(C(=O)O)nc4ccccc42)C3)CC1. The van der Waals surface area contributed by atoms with Gasteiger partial charge in [0.25, 0.3) is 5.56 Å². The first-order valence-corrected chi connectivity index (χ1v) is 11.8. The Hall–Kier alpha value is -2.21. The Morgan fingerprint density at radius 1 is 1.00 bits per heavy atom. The lowest BCUT2D eigenvalue weighted by Crippen LogP contribution is -2.44. The van der Waals surface area contributed by atoms with Gasteiger partial charge in [0, 0.05) is 18.1 Å². The molecule has 2 aliphatic heterocycles. The van der Waals surface area contributed by atoms with E-state index in [1.165, 1.54) is 32.1 Å². The zero-order chi connectivity index (χ0) is 21.9. The van der Waals surface area contributed by atoms with Crippen molar-refractivity contribution < 1.29 is 9.90 Å². The minimum absolute atomic E-state index is 0.0255. The lowest BCUT2D eigenvalue weighted by molar-refractivity contribution is 0.0686. The molecule has 3 heterocycles. The Balaban J connectivity index is 1.48. The number of hydrogen-bond acceptors (Lipinski definition) is 4. The van der Waals surface area contributed by atoms with Crippen LogP contribution >= 0.6 is 0 Å². The van der Waals surface area contributed by atoms with E-state index < -0.39 is 11.5 Å². The highest BCUT2D eigenvalue weighted by Gasteiger charge is 2.51. The summed E-state index contributed by atoms with van der Waals surface area (Å²) in [6.07, 6.45) is 8.20. The fourth-order valence-electron chi connectivity index (χ4n) is 6.71. The molecule has 166 valence electrons. The summed E-state index contributed by atoms with van der Waals surface area (Å²) in [7, 11) is 0. The van der Waals surface area contributed by atoms with Crippen LogP contribution in [0, 0.1) is 11.3 Å². The molecule has 3 aliphatic rings. The number of carboxylic acids is 1. The number of hydrogen-bond donors (Lipinski definition) is 1. The van der Waals surface area contributed by atoms with E-state index in [9.17, 15) is 14.7 Å². The Morgan fingerprint density at radius 2 is 1.68 bits per heavy atom. The van der Waals surface area contributed by atoms with Crippen LogP contribution in [0.2, 0.25) is 0 Å². The maximum absolute atomic E-state index is 13.2. The largest absolute Gasteiger partial charge is 0.476 e. The average molecular weight is 424 g/mol. The van der Waals surface area contributed by atoms with Gasteiger partial charge in [0.1, 0.15) is 0 Å². The van der Waals surface area contributed by atoms with Crippen LogP contribution in [0.5, 0.6) is 0 Å². The van der Waals surface area contributed by atoms with Gasteiger partial charge in [0.2, 0.25) is 5.69 Å². The van der Waals surface area contributed by atoms with Crippen molar-refractivity contribution in [2.75, 3.05) is 0 Å². The van der Waals surface area contributed by atoms with Gasteiger partial charge in [-0.25, -0.2) is 9.78 Å². The molecule has 0 amide bonds. The maximum Gasteiger partial charge on any atom is 0.360 e. The minimum Gasteiger partial charge on any atom is -0.476 e. The zero-order valence-electron chi connectivity index (χ0n) is 18.8. The number of carbonyl (C=O) groups is 1. The van der Waals surface area contributed by atoms with Crippen LogP contribution in [0.1, 0.15) is 82.2 Å². The molecule has 1 aliphatic carbocycles. The van der Waals surface area contributed by atoms with E-state index in [1.54, 1.807) is 10.6 Å². The van der Waals surface area contributed by atoms with Crippen LogP contribution in [0.4, 0.5) is 0 Å². The second-order valence-corrected chi connectivity index (χ2v) is 10.8. The summed E-state index contributed by atoms with van der Waals surface area (Å²) in [5.74, 6) is -0.463. The Morgan fingerprint density at radius 3 is 2.35 bits per heavy atom. The summed E-state index contributed by atoms with van der Waals surface area (Å²) in [5.41, 5.74) is 0.887. The topological polar surface area (TPSA) is 75.4 Å². The standard InChI is InChI=1S/C25H33N3O3/c1-25(2,3)15-8-10-16(11-9-15)27-17-12-13-20(27)21(14-17)28-19-7-5-4-6-18(19)26-22(23(28)29)24(30)31/h4-7,15-17,20-21H,8-14H2,1-3H3,(H,30,31)/t15-,16+,17-,20+,21+/m0/s1. The number of rotatable bonds is 3. The number of nitrogens with zero attached hydrogens (tertiary/aromatic N) is 3. The molecule has 0 spiro atoms. The van der Waals surface area contributed by atoms with Crippen molar-refractivity contribution in [1.29, 1.82) is 0 Å². The van der Waals surface area contributed by atoms with Crippen molar-refractivity contribution in [3.05, 3.63) is 40.3 Å². The predicted molar refractivity (Wildman–Crippen MR) is 120 cm³/mol. The van der Waals surface area contributed by atoms with Gasteiger partial charge in [0.05, 0.1) is 17.1 Å². The summed E-state index contributed by atoms with van der Waals surface area (Å²) in [6.45, 7) is 7.07. The fourth-order valence-corrected chi connectivity index (χ4v) is 6.71. The average Bonchev–Trinajstić information content (AvgIpc) is 3.30. The van der Waals surface area contributed by atoms with Gasteiger partial charge in [-0.1, -0.05) is 32.9 Å². The van der Waals surface area contributed by atoms with Gasteiger partial charge >= 0.3 is 5.97 Å². The smallest absolute Gasteiger partial charge is 0.360 e. The van der Waals surface area contributed by atoms with Gasteiger partial charge in [-0.05, 0) is 68.4 Å². The zero-order valence-corrected chi connectivity index (χ0v) is 18.8. The van der Waals surface area contributed by atoms with E-state index in [-0.39, 0.29) is 11.7 Å². The van der Waals surface area contributed by atoms with E-state index in [1.807, 2.05) is 18.2 Å². The van der Waals surface area contributed by atoms with Crippen LogP contribution in [0.15, 0.2) is 29.1 Å². The van der Waals surface area contributed by atoms with Gasteiger partial charge in [-0.15, -0.1) is 0 Å². The number of aromatic carboxylic acids is 1. The molecule has 1 aromatic heterocycles. The third-order valence-corrected chi connectivity index (χ3v) is 8.23. The second kappa shape index (κ2) is 7.44. The van der Waals surface area contributed by atoms with Crippen molar-refractivity contribution in [2.45, 2.75) is 89.9 Å². The molecule has 3 atom stereocenters. The molecule has 1 saturated carbocycles. The van der Waals surface area contributed by atoms with Crippen LogP contribution in [0.25, 0.3) is 11.0 Å². The van der Waals surface area contributed by atoms with Gasteiger partial charge in [-0.3, -0.25) is 14.3 Å². The molecule has 6 nitrogen and oxygen atoms in total. The van der Waals surface area contributed by atoms with Gasteiger partial charge < -0.3 is 5.11 Å². The number of fused-ring (bicyclic) bond motifs is 3. The molecule has 1 N–H and O–H groups in total. The minimum atomic E-state index is -1.25. The maximum atomic E-state index is 13.2. The van der Waals surface area contributed by atoms with E-state index in [0.29, 0.717) is 29.1 Å². The predicted octanol–water partition coefficient (Wildman–Crippen LogP) is 4.48. The van der Waals surface area contributed by atoms with Gasteiger partial charge in [-0.2, -0.15) is 0 Å². The molecule has 5 rings (SSSR count). The number of para-hydroxylation sites is 2. The molecule has 2 aromatic rings. The molecule has 2 saturated heterocycles. The van der Waals surface area contributed by atoms with E-state index in [2.05, 4.69) is 30.7 Å². The third-order valence-electron chi connectivity index (χ3n) is 8.23. The monoisotopic (exact) mass is 423 g/mol.